The lowest BCUT2D eigenvalue weighted by Crippen LogP contribution is -2.62. The average Bonchev–Trinajstić information content (AvgIpc) is 2.41. The molecule has 0 aromatic carbocycles. The van der Waals surface area contributed by atoms with Crippen molar-refractivity contribution < 1.29 is 4.79 Å². The second-order valence-corrected chi connectivity index (χ2v) is 10.2. The molecule has 0 aromatic heterocycles. The van der Waals surface area contributed by atoms with Gasteiger partial charge < -0.3 is 15.5 Å². The summed E-state index contributed by atoms with van der Waals surface area (Å²) in [6.07, 6.45) is 7.93. The summed E-state index contributed by atoms with van der Waals surface area (Å²) in [5.74, 6) is 2.83. The van der Waals surface area contributed by atoms with Crippen LogP contribution in [0.5, 0.6) is 0 Å². The van der Waals surface area contributed by atoms with E-state index in [1.807, 2.05) is 6.92 Å². The third kappa shape index (κ3) is 4.13. The minimum absolute atomic E-state index is 0.112. The van der Waals surface area contributed by atoms with E-state index in [-0.39, 0.29) is 22.9 Å². The van der Waals surface area contributed by atoms with Crippen LogP contribution in [-0.4, -0.2) is 49.6 Å². The van der Waals surface area contributed by atoms with E-state index in [9.17, 15) is 4.79 Å². The summed E-state index contributed by atoms with van der Waals surface area (Å²) in [5.41, 5.74) is 0.291. The molecule has 1 atom stereocenters. The Morgan fingerprint density at radius 3 is 2.08 bits per heavy atom. The minimum atomic E-state index is -0.112. The molecule has 4 saturated carbocycles. The van der Waals surface area contributed by atoms with E-state index in [0.717, 1.165) is 30.8 Å². The van der Waals surface area contributed by atoms with Crippen LogP contribution < -0.4 is 10.6 Å². The van der Waals surface area contributed by atoms with Crippen molar-refractivity contribution in [2.24, 2.45) is 23.2 Å². The number of carbonyl (C=O) groups is 1. The van der Waals surface area contributed by atoms with Crippen LogP contribution in [0.25, 0.3) is 0 Å². The Morgan fingerprint density at radius 1 is 1.12 bits per heavy atom. The van der Waals surface area contributed by atoms with Gasteiger partial charge in [-0.15, -0.1) is 0 Å². The molecule has 0 spiro atoms. The summed E-state index contributed by atoms with van der Waals surface area (Å²) in [7, 11) is 4.20. The van der Waals surface area contributed by atoms with Crippen LogP contribution in [0.1, 0.15) is 59.3 Å². The first-order valence-electron chi connectivity index (χ1n) is 9.87. The predicted molar refractivity (Wildman–Crippen MR) is 98.8 cm³/mol. The van der Waals surface area contributed by atoms with Crippen LogP contribution in [0.4, 0.5) is 0 Å². The molecule has 0 radical (unpaired) electrons. The standard InChI is InChI=1S/C20H37N3O/c1-14(21-12-19(2,3)13-23(4)5)18(24)22-20-9-15-6-16(10-20)8-17(7-15)11-20/h14-17,21H,6-13H2,1-5H3,(H,22,24). The van der Waals surface area contributed by atoms with Crippen molar-refractivity contribution >= 4 is 5.91 Å². The SMILES string of the molecule is CC(NCC(C)(C)CN(C)C)C(=O)NC12CC3CC(CC(C3)C1)C2. The van der Waals surface area contributed by atoms with Crippen molar-refractivity contribution in [1.29, 1.82) is 0 Å². The molecule has 4 nitrogen and oxygen atoms in total. The maximum atomic E-state index is 12.8. The van der Waals surface area contributed by atoms with Gasteiger partial charge in [0.15, 0.2) is 0 Å². The normalized spacial score (nSPS) is 36.2. The number of hydrogen-bond donors (Lipinski definition) is 2. The molecule has 1 unspecified atom stereocenters. The lowest BCUT2D eigenvalue weighted by Gasteiger charge is -2.57. The van der Waals surface area contributed by atoms with Crippen LogP contribution in [0.3, 0.4) is 0 Å². The highest BCUT2D eigenvalue weighted by atomic mass is 16.2. The molecule has 0 aromatic rings. The van der Waals surface area contributed by atoms with Gasteiger partial charge in [-0.25, -0.2) is 0 Å². The van der Waals surface area contributed by atoms with Crippen LogP contribution >= 0.6 is 0 Å². The van der Waals surface area contributed by atoms with Crippen molar-refractivity contribution in [3.63, 3.8) is 0 Å². The Morgan fingerprint density at radius 2 is 1.62 bits per heavy atom. The number of hydrogen-bond acceptors (Lipinski definition) is 3. The van der Waals surface area contributed by atoms with Crippen molar-refractivity contribution in [3.05, 3.63) is 0 Å². The van der Waals surface area contributed by atoms with Crippen molar-refractivity contribution in [2.75, 3.05) is 27.2 Å². The van der Waals surface area contributed by atoms with E-state index in [1.54, 1.807) is 0 Å². The lowest BCUT2D eigenvalue weighted by molar-refractivity contribution is -0.128. The Balaban J connectivity index is 1.51. The van der Waals surface area contributed by atoms with Gasteiger partial charge in [-0.05, 0) is 82.7 Å². The molecule has 4 aliphatic carbocycles. The first-order chi connectivity index (χ1) is 11.2. The summed E-state index contributed by atoms with van der Waals surface area (Å²) in [6.45, 7) is 8.40. The van der Waals surface area contributed by atoms with Gasteiger partial charge in [-0.2, -0.15) is 0 Å². The largest absolute Gasteiger partial charge is 0.349 e. The highest BCUT2D eigenvalue weighted by Gasteiger charge is 2.51. The van der Waals surface area contributed by atoms with E-state index in [2.05, 4.69) is 43.5 Å². The van der Waals surface area contributed by atoms with E-state index in [1.165, 1.54) is 38.5 Å². The summed E-state index contributed by atoms with van der Waals surface area (Å²) < 4.78 is 0. The van der Waals surface area contributed by atoms with Gasteiger partial charge >= 0.3 is 0 Å². The third-order valence-corrected chi connectivity index (χ3v) is 6.45. The van der Waals surface area contributed by atoms with E-state index in [0.29, 0.717) is 0 Å². The highest BCUT2D eigenvalue weighted by Crippen LogP contribution is 2.55. The Labute approximate surface area is 148 Å². The zero-order valence-corrected chi connectivity index (χ0v) is 16.3. The average molecular weight is 336 g/mol. The quantitative estimate of drug-likeness (QED) is 0.752. The second-order valence-electron chi connectivity index (χ2n) is 10.2. The fourth-order valence-corrected chi connectivity index (χ4v) is 6.07. The zero-order chi connectivity index (χ0) is 17.5. The number of nitrogens with one attached hydrogen (secondary N) is 2. The molecule has 24 heavy (non-hydrogen) atoms. The smallest absolute Gasteiger partial charge is 0.237 e. The minimum Gasteiger partial charge on any atom is -0.349 e. The van der Waals surface area contributed by atoms with Crippen LogP contribution in [0.15, 0.2) is 0 Å². The number of nitrogens with zero attached hydrogens (tertiary/aromatic N) is 1. The van der Waals surface area contributed by atoms with Crippen LogP contribution in [-0.2, 0) is 4.79 Å². The highest BCUT2D eigenvalue weighted by molar-refractivity contribution is 5.82. The molecule has 0 heterocycles. The number of rotatable bonds is 7. The Kier molecular flexibility index (Phi) is 5.00. The molecule has 4 fully saturated rings. The van der Waals surface area contributed by atoms with Crippen LogP contribution in [0, 0.1) is 23.2 Å². The molecule has 4 bridgehead atoms. The monoisotopic (exact) mass is 335 g/mol. The molecule has 1 amide bonds. The van der Waals surface area contributed by atoms with Gasteiger partial charge in [-0.1, -0.05) is 13.8 Å². The Hall–Kier alpha value is -0.610. The fraction of sp³-hybridized carbons (Fsp3) is 0.950. The molecule has 0 saturated heterocycles. The fourth-order valence-electron chi connectivity index (χ4n) is 6.07. The molecular formula is C20H37N3O. The second kappa shape index (κ2) is 6.60. The van der Waals surface area contributed by atoms with Gasteiger partial charge in [0.05, 0.1) is 6.04 Å². The first-order valence-corrected chi connectivity index (χ1v) is 9.87. The molecule has 4 aliphatic rings. The van der Waals surface area contributed by atoms with E-state index >= 15 is 0 Å². The summed E-state index contributed by atoms with van der Waals surface area (Å²) in [6, 6.07) is -0.112. The van der Waals surface area contributed by atoms with Gasteiger partial charge in [0, 0.05) is 18.6 Å². The number of amides is 1. The maximum absolute atomic E-state index is 12.8. The first kappa shape index (κ1) is 18.2. The summed E-state index contributed by atoms with van der Waals surface area (Å²) in [5, 5.41) is 6.96. The summed E-state index contributed by atoms with van der Waals surface area (Å²) in [4.78, 5) is 15.0. The lowest BCUT2D eigenvalue weighted by atomic mass is 9.53. The zero-order valence-electron chi connectivity index (χ0n) is 16.3. The molecule has 0 aliphatic heterocycles. The van der Waals surface area contributed by atoms with E-state index in [4.69, 9.17) is 0 Å². The molecule has 2 N–H and O–H groups in total. The third-order valence-electron chi connectivity index (χ3n) is 6.45. The predicted octanol–water partition coefficient (Wildman–Crippen LogP) is 2.64. The summed E-state index contributed by atoms with van der Waals surface area (Å²) >= 11 is 0. The van der Waals surface area contributed by atoms with E-state index < -0.39 is 0 Å². The van der Waals surface area contributed by atoms with Gasteiger partial charge in [0.25, 0.3) is 0 Å². The molecule has 138 valence electrons. The topological polar surface area (TPSA) is 44.4 Å². The van der Waals surface area contributed by atoms with Gasteiger partial charge in [0.1, 0.15) is 0 Å². The van der Waals surface area contributed by atoms with Crippen LogP contribution in [0.2, 0.25) is 0 Å². The van der Waals surface area contributed by atoms with Crippen molar-refractivity contribution in [3.8, 4) is 0 Å². The maximum Gasteiger partial charge on any atom is 0.237 e. The molecule has 4 rings (SSSR count). The number of carbonyl (C=O) groups excluding carboxylic acids is 1. The van der Waals surface area contributed by atoms with Gasteiger partial charge in [-0.3, -0.25) is 4.79 Å². The Bertz CT molecular complexity index is 436. The van der Waals surface area contributed by atoms with Crippen molar-refractivity contribution in [2.45, 2.75) is 70.9 Å². The van der Waals surface area contributed by atoms with Crippen molar-refractivity contribution in [1.82, 2.24) is 15.5 Å². The van der Waals surface area contributed by atoms with Gasteiger partial charge in [0.2, 0.25) is 5.91 Å². The molecular weight excluding hydrogens is 298 g/mol. The molecule has 4 heteroatoms.